The number of nitro benzene ring substituents is 1. The van der Waals surface area contributed by atoms with Crippen LogP contribution < -0.4 is 14.2 Å². The lowest BCUT2D eigenvalue weighted by molar-refractivity contribution is -0.386. The van der Waals surface area contributed by atoms with E-state index in [0.29, 0.717) is 5.75 Å². The van der Waals surface area contributed by atoms with Crippen molar-refractivity contribution in [1.82, 2.24) is 0 Å². The number of unbranched alkanes of at least 4 members (excludes halogenated alkanes) is 8. The van der Waals surface area contributed by atoms with Gasteiger partial charge in [-0.1, -0.05) is 77.1 Å². The number of nitrogens with zero attached hydrogens (tertiary/aromatic N) is 1. The van der Waals surface area contributed by atoms with Crippen molar-refractivity contribution in [2.24, 2.45) is 0 Å². The summed E-state index contributed by atoms with van der Waals surface area (Å²) in [6.45, 7) is 6.99. The van der Waals surface area contributed by atoms with Gasteiger partial charge in [-0.3, -0.25) is 10.1 Å². The fourth-order valence-electron chi connectivity index (χ4n) is 4.64. The molecular weight excluding hydrogens is 554 g/mol. The van der Waals surface area contributed by atoms with Crippen LogP contribution >= 0.6 is 0 Å². The van der Waals surface area contributed by atoms with E-state index in [-0.39, 0.29) is 23.1 Å². The van der Waals surface area contributed by atoms with Crippen molar-refractivity contribution in [3.63, 3.8) is 0 Å². The summed E-state index contributed by atoms with van der Waals surface area (Å²) in [4.78, 5) is 23.9. The Balaban J connectivity index is 1.51. The van der Waals surface area contributed by atoms with Crippen LogP contribution in [0.15, 0.2) is 66.7 Å². The largest absolute Gasteiger partial charge is 0.494 e. The molecule has 3 aromatic rings. The predicted octanol–water partition coefficient (Wildman–Crippen LogP) is 9.69. The third kappa shape index (κ3) is 12.1. The number of carbonyl (C=O) groups excluding carboxylic acids is 1. The van der Waals surface area contributed by atoms with E-state index in [1.807, 2.05) is 31.2 Å². The molecule has 0 heterocycles. The molecule has 0 unspecified atom stereocenters. The maximum absolute atomic E-state index is 12.8. The van der Waals surface area contributed by atoms with Crippen molar-refractivity contribution < 1.29 is 23.9 Å². The number of hydrogen-bond donors (Lipinski definition) is 0. The number of esters is 1. The van der Waals surface area contributed by atoms with Crippen LogP contribution in [0.25, 0.3) is 0 Å². The Labute approximate surface area is 262 Å². The first-order valence-electron chi connectivity index (χ1n) is 15.9. The molecule has 0 saturated heterocycles. The lowest BCUT2D eigenvalue weighted by atomic mass is 10.1. The van der Waals surface area contributed by atoms with Crippen molar-refractivity contribution >= 4 is 11.7 Å². The smallest absolute Gasteiger partial charge is 0.343 e. The molecule has 44 heavy (non-hydrogen) atoms. The molecule has 0 spiro atoms. The van der Waals surface area contributed by atoms with Crippen molar-refractivity contribution in [2.45, 2.75) is 97.5 Å². The van der Waals surface area contributed by atoms with E-state index in [9.17, 15) is 14.9 Å². The lowest BCUT2D eigenvalue weighted by Crippen LogP contribution is -2.14. The highest BCUT2D eigenvalue weighted by Crippen LogP contribution is 2.30. The van der Waals surface area contributed by atoms with Crippen molar-refractivity contribution in [2.75, 3.05) is 6.61 Å². The Hall–Kier alpha value is -4.31. The second kappa shape index (κ2) is 19.1. The summed E-state index contributed by atoms with van der Waals surface area (Å²) >= 11 is 0. The summed E-state index contributed by atoms with van der Waals surface area (Å²) in [6, 6.07) is 18.7. The zero-order chi connectivity index (χ0) is 31.6. The average molecular weight is 600 g/mol. The molecule has 1 atom stereocenters. The summed E-state index contributed by atoms with van der Waals surface area (Å²) < 4.78 is 17.1. The fraction of sp³-hybridized carbons (Fsp3) is 0.432. The van der Waals surface area contributed by atoms with Gasteiger partial charge in [-0.05, 0) is 86.8 Å². The van der Waals surface area contributed by atoms with Gasteiger partial charge in [-0.25, -0.2) is 4.79 Å². The zero-order valence-electron chi connectivity index (χ0n) is 26.3. The maximum Gasteiger partial charge on any atom is 0.343 e. The van der Waals surface area contributed by atoms with E-state index in [2.05, 4.69) is 25.7 Å². The minimum atomic E-state index is -0.690. The molecule has 0 aliphatic rings. The fourth-order valence-corrected chi connectivity index (χ4v) is 4.64. The Morgan fingerprint density at radius 2 is 1.34 bits per heavy atom. The van der Waals surface area contributed by atoms with Crippen LogP contribution in [-0.4, -0.2) is 23.6 Å². The molecule has 0 bridgehead atoms. The SMILES string of the molecule is CCCCCCCCOc1ccc(C#Cc2ccc(OC(=O)c3ccc(O[C@H](C)CCCCCC)c([N+](=O)[O-])c3)cc2)cc1. The summed E-state index contributed by atoms with van der Waals surface area (Å²) in [5.74, 6) is 6.86. The van der Waals surface area contributed by atoms with Gasteiger partial charge in [0.15, 0.2) is 5.75 Å². The topological polar surface area (TPSA) is 87.9 Å². The molecule has 0 aliphatic carbocycles. The normalized spacial score (nSPS) is 11.2. The highest BCUT2D eigenvalue weighted by atomic mass is 16.6. The summed E-state index contributed by atoms with van der Waals surface area (Å²) in [6.07, 6.45) is 12.4. The van der Waals surface area contributed by atoms with Gasteiger partial charge in [-0.15, -0.1) is 0 Å². The highest BCUT2D eigenvalue weighted by molar-refractivity contribution is 5.92. The minimum Gasteiger partial charge on any atom is -0.494 e. The number of carbonyl (C=O) groups is 1. The third-order valence-corrected chi connectivity index (χ3v) is 7.22. The monoisotopic (exact) mass is 599 g/mol. The van der Waals surface area contributed by atoms with E-state index < -0.39 is 10.9 Å². The van der Waals surface area contributed by atoms with Crippen LogP contribution in [-0.2, 0) is 0 Å². The lowest BCUT2D eigenvalue weighted by Gasteiger charge is -2.15. The van der Waals surface area contributed by atoms with Crippen molar-refractivity contribution in [3.05, 3.63) is 93.5 Å². The second-order valence-electron chi connectivity index (χ2n) is 11.0. The Bertz CT molecular complexity index is 1370. The van der Waals surface area contributed by atoms with E-state index in [1.54, 1.807) is 24.3 Å². The molecule has 0 aromatic heterocycles. The maximum atomic E-state index is 12.8. The molecule has 0 aliphatic heterocycles. The number of rotatable bonds is 18. The number of ether oxygens (including phenoxy) is 3. The standard InChI is InChI=1S/C37H45NO6/c1-4-6-8-10-11-13-27-42-33-22-17-30(18-23-33)15-16-31-19-24-34(25-20-31)44-37(39)32-21-26-36(35(28-32)38(40)41)43-29(3)14-12-9-7-5-2/h17-26,28-29H,4-14,27H2,1-3H3/t29-/m1/s1. The third-order valence-electron chi connectivity index (χ3n) is 7.22. The molecule has 0 N–H and O–H groups in total. The van der Waals surface area contributed by atoms with Gasteiger partial charge in [0.25, 0.3) is 0 Å². The summed E-state index contributed by atoms with van der Waals surface area (Å²) in [7, 11) is 0. The summed E-state index contributed by atoms with van der Waals surface area (Å²) in [5.41, 5.74) is 1.44. The number of benzene rings is 3. The van der Waals surface area contributed by atoms with E-state index in [1.165, 1.54) is 50.3 Å². The Kier molecular flexibility index (Phi) is 14.8. The Morgan fingerprint density at radius 3 is 1.95 bits per heavy atom. The van der Waals surface area contributed by atoms with Gasteiger partial charge in [0.05, 0.1) is 23.2 Å². The molecule has 234 valence electrons. The molecule has 7 heteroatoms. The first kappa shape index (κ1) is 34.2. The van der Waals surface area contributed by atoms with Crippen LogP contribution in [0, 0.1) is 22.0 Å². The van der Waals surface area contributed by atoms with Gasteiger partial charge in [0.1, 0.15) is 11.5 Å². The first-order valence-corrected chi connectivity index (χ1v) is 15.9. The van der Waals surface area contributed by atoms with Crippen LogP contribution in [0.1, 0.15) is 113 Å². The van der Waals surface area contributed by atoms with E-state index >= 15 is 0 Å². The van der Waals surface area contributed by atoms with Gasteiger partial charge < -0.3 is 14.2 Å². The van der Waals surface area contributed by atoms with Crippen LogP contribution in [0.4, 0.5) is 5.69 Å². The summed E-state index contributed by atoms with van der Waals surface area (Å²) in [5, 5.41) is 11.7. The molecule has 3 rings (SSSR count). The Morgan fingerprint density at radius 1 is 0.773 bits per heavy atom. The van der Waals surface area contributed by atoms with Gasteiger partial charge in [0, 0.05) is 17.2 Å². The molecule has 0 amide bonds. The zero-order valence-corrected chi connectivity index (χ0v) is 26.3. The molecule has 7 nitrogen and oxygen atoms in total. The average Bonchev–Trinajstić information content (AvgIpc) is 3.03. The van der Waals surface area contributed by atoms with Gasteiger partial charge >= 0.3 is 11.7 Å². The van der Waals surface area contributed by atoms with Crippen molar-refractivity contribution in [3.8, 4) is 29.1 Å². The molecule has 0 saturated carbocycles. The first-order chi connectivity index (χ1) is 21.4. The van der Waals surface area contributed by atoms with Crippen LogP contribution in [0.5, 0.6) is 17.2 Å². The number of nitro groups is 1. The molecule has 3 aromatic carbocycles. The predicted molar refractivity (Wildman–Crippen MR) is 175 cm³/mol. The van der Waals surface area contributed by atoms with Gasteiger partial charge in [-0.2, -0.15) is 0 Å². The quantitative estimate of drug-likeness (QED) is 0.0361. The van der Waals surface area contributed by atoms with Crippen LogP contribution in [0.2, 0.25) is 0 Å². The molecule has 0 radical (unpaired) electrons. The van der Waals surface area contributed by atoms with E-state index in [4.69, 9.17) is 14.2 Å². The highest BCUT2D eigenvalue weighted by Gasteiger charge is 2.21. The number of hydrogen-bond acceptors (Lipinski definition) is 6. The van der Waals surface area contributed by atoms with E-state index in [0.717, 1.165) is 62.0 Å². The second-order valence-corrected chi connectivity index (χ2v) is 11.0. The minimum absolute atomic E-state index is 0.0721. The van der Waals surface area contributed by atoms with Gasteiger partial charge in [0.2, 0.25) is 0 Å². The van der Waals surface area contributed by atoms with Crippen LogP contribution in [0.3, 0.4) is 0 Å². The van der Waals surface area contributed by atoms with Crippen molar-refractivity contribution in [1.29, 1.82) is 0 Å². The molecule has 0 fully saturated rings. The molecular formula is C37H45NO6.